The summed E-state index contributed by atoms with van der Waals surface area (Å²) >= 11 is 11.5. The van der Waals surface area contributed by atoms with Crippen LogP contribution in [0.2, 0.25) is 10.0 Å². The molecule has 2 aromatic rings. The van der Waals surface area contributed by atoms with Gasteiger partial charge in [-0.1, -0.05) is 29.3 Å². The van der Waals surface area contributed by atoms with E-state index in [-0.39, 0.29) is 21.5 Å². The zero-order valence-electron chi connectivity index (χ0n) is 8.52. The molecule has 2 N–H and O–H groups in total. The van der Waals surface area contributed by atoms with Crippen LogP contribution in [-0.4, -0.2) is 10.2 Å². The summed E-state index contributed by atoms with van der Waals surface area (Å²) in [5.41, 5.74) is 0. The highest BCUT2D eigenvalue weighted by atomic mass is 35.5. The summed E-state index contributed by atoms with van der Waals surface area (Å²) in [7, 11) is 0. The van der Waals surface area contributed by atoms with Gasteiger partial charge in [0, 0.05) is 18.2 Å². The lowest BCUT2D eigenvalue weighted by Gasteiger charge is -2.08. The predicted molar refractivity (Wildman–Crippen MR) is 66.3 cm³/mol. The Labute approximate surface area is 108 Å². The van der Waals surface area contributed by atoms with Crippen molar-refractivity contribution in [2.45, 2.75) is 0 Å². The first-order valence-corrected chi connectivity index (χ1v) is 5.47. The number of phenols is 2. The molecule has 0 amide bonds. The van der Waals surface area contributed by atoms with Crippen molar-refractivity contribution in [2.24, 2.45) is 0 Å². The molecule has 0 fully saturated rings. The minimum Gasteiger partial charge on any atom is -0.508 e. The van der Waals surface area contributed by atoms with Gasteiger partial charge in [-0.15, -0.1) is 0 Å². The Bertz CT molecular complexity index is 532. The van der Waals surface area contributed by atoms with Crippen LogP contribution in [0, 0.1) is 0 Å². The van der Waals surface area contributed by atoms with Gasteiger partial charge in [-0.2, -0.15) is 0 Å². The van der Waals surface area contributed by atoms with Crippen LogP contribution in [0.3, 0.4) is 0 Å². The number of rotatable bonds is 2. The van der Waals surface area contributed by atoms with Gasteiger partial charge in [0.2, 0.25) is 0 Å². The third kappa shape index (κ3) is 2.75. The second-order valence-electron chi connectivity index (χ2n) is 3.33. The molecule has 2 rings (SSSR count). The molecule has 0 unspecified atom stereocenters. The zero-order valence-corrected chi connectivity index (χ0v) is 10.0. The maximum absolute atomic E-state index is 9.38. The largest absolute Gasteiger partial charge is 0.508 e. The molecule has 0 aliphatic carbocycles. The normalized spacial score (nSPS) is 10.2. The molecule has 17 heavy (non-hydrogen) atoms. The van der Waals surface area contributed by atoms with Crippen LogP contribution in [0.1, 0.15) is 0 Å². The summed E-state index contributed by atoms with van der Waals surface area (Å²) in [4.78, 5) is 0. The van der Waals surface area contributed by atoms with E-state index in [9.17, 15) is 10.2 Å². The minimum atomic E-state index is -0.184. The maximum Gasteiger partial charge on any atom is 0.153 e. The van der Waals surface area contributed by atoms with Gasteiger partial charge >= 0.3 is 0 Å². The van der Waals surface area contributed by atoms with Gasteiger partial charge in [0.05, 0.1) is 10.0 Å². The summed E-state index contributed by atoms with van der Waals surface area (Å²) in [5, 5.41) is 18.9. The first kappa shape index (κ1) is 11.9. The molecule has 0 saturated carbocycles. The lowest BCUT2D eigenvalue weighted by atomic mass is 10.3. The zero-order chi connectivity index (χ0) is 12.4. The summed E-state index contributed by atoms with van der Waals surface area (Å²) in [6, 6.07) is 9.18. The molecule has 0 aliphatic rings. The molecule has 0 spiro atoms. The molecule has 0 radical (unpaired) electrons. The lowest BCUT2D eigenvalue weighted by Crippen LogP contribution is -1.84. The standard InChI is InChI=1S/C12H8Cl2O3/c13-10-5-9(6-11(14)12(10)16)17-8-3-1-2-7(15)4-8/h1-6,15-16H. The van der Waals surface area contributed by atoms with Gasteiger partial charge < -0.3 is 14.9 Å². The molecule has 88 valence electrons. The van der Waals surface area contributed by atoms with Gasteiger partial charge in [0.1, 0.15) is 17.2 Å². The Morgan fingerprint density at radius 3 is 2.12 bits per heavy atom. The van der Waals surface area contributed by atoms with Gasteiger partial charge in [-0.05, 0) is 12.1 Å². The monoisotopic (exact) mass is 270 g/mol. The molecule has 0 aromatic heterocycles. The molecular weight excluding hydrogens is 263 g/mol. The van der Waals surface area contributed by atoms with Gasteiger partial charge in [0.15, 0.2) is 5.75 Å². The molecule has 0 heterocycles. The summed E-state index contributed by atoms with van der Waals surface area (Å²) in [5.74, 6) is 0.737. The molecule has 5 heteroatoms. The topological polar surface area (TPSA) is 49.7 Å². The Hall–Kier alpha value is -1.58. The molecular formula is C12H8Cl2O3. The average Bonchev–Trinajstić information content (AvgIpc) is 2.26. The van der Waals surface area contributed by atoms with Crippen LogP contribution in [-0.2, 0) is 0 Å². The number of hydrogen-bond acceptors (Lipinski definition) is 3. The van der Waals surface area contributed by atoms with Gasteiger partial charge in [-0.25, -0.2) is 0 Å². The Morgan fingerprint density at radius 1 is 0.882 bits per heavy atom. The van der Waals surface area contributed by atoms with Crippen molar-refractivity contribution in [1.82, 2.24) is 0 Å². The summed E-state index contributed by atoms with van der Waals surface area (Å²) in [6.45, 7) is 0. The third-order valence-corrected chi connectivity index (χ3v) is 2.62. The lowest BCUT2D eigenvalue weighted by molar-refractivity contribution is 0.451. The van der Waals surface area contributed by atoms with Crippen LogP contribution in [0.25, 0.3) is 0 Å². The number of benzene rings is 2. The molecule has 0 aliphatic heterocycles. The van der Waals surface area contributed by atoms with E-state index in [4.69, 9.17) is 27.9 Å². The fourth-order valence-electron chi connectivity index (χ4n) is 1.28. The highest BCUT2D eigenvalue weighted by Gasteiger charge is 2.08. The first-order chi connectivity index (χ1) is 8.06. The highest BCUT2D eigenvalue weighted by Crippen LogP contribution is 2.37. The van der Waals surface area contributed by atoms with E-state index in [1.807, 2.05) is 0 Å². The van der Waals surface area contributed by atoms with Crippen LogP contribution < -0.4 is 4.74 Å². The average molecular weight is 271 g/mol. The number of phenolic OH excluding ortho intramolecular Hbond substituents is 2. The van der Waals surface area contributed by atoms with Crippen molar-refractivity contribution in [3.63, 3.8) is 0 Å². The van der Waals surface area contributed by atoms with Crippen LogP contribution in [0.5, 0.6) is 23.0 Å². The molecule has 0 saturated heterocycles. The Kier molecular flexibility index (Phi) is 3.31. The van der Waals surface area contributed by atoms with Gasteiger partial charge in [-0.3, -0.25) is 0 Å². The fourth-order valence-corrected chi connectivity index (χ4v) is 1.75. The second kappa shape index (κ2) is 4.73. The fraction of sp³-hybridized carbons (Fsp3) is 0. The van der Waals surface area contributed by atoms with Crippen molar-refractivity contribution in [1.29, 1.82) is 0 Å². The van der Waals surface area contributed by atoms with Crippen molar-refractivity contribution in [2.75, 3.05) is 0 Å². The highest BCUT2D eigenvalue weighted by molar-refractivity contribution is 6.37. The van der Waals surface area contributed by atoms with Crippen molar-refractivity contribution in [3.8, 4) is 23.0 Å². The van der Waals surface area contributed by atoms with Gasteiger partial charge in [0.25, 0.3) is 0 Å². The van der Waals surface area contributed by atoms with E-state index in [1.165, 1.54) is 24.3 Å². The van der Waals surface area contributed by atoms with E-state index in [2.05, 4.69) is 0 Å². The van der Waals surface area contributed by atoms with Crippen molar-refractivity contribution in [3.05, 3.63) is 46.4 Å². The van der Waals surface area contributed by atoms with E-state index < -0.39 is 0 Å². The number of halogens is 2. The first-order valence-electron chi connectivity index (χ1n) is 4.71. The quantitative estimate of drug-likeness (QED) is 0.860. The predicted octanol–water partition coefficient (Wildman–Crippen LogP) is 4.20. The van der Waals surface area contributed by atoms with Crippen LogP contribution >= 0.6 is 23.2 Å². The number of ether oxygens (including phenoxy) is 1. The van der Waals surface area contributed by atoms with E-state index in [0.29, 0.717) is 11.5 Å². The summed E-state index contributed by atoms with van der Waals surface area (Å²) < 4.78 is 5.44. The van der Waals surface area contributed by atoms with E-state index in [0.717, 1.165) is 0 Å². The van der Waals surface area contributed by atoms with E-state index >= 15 is 0 Å². The van der Waals surface area contributed by atoms with Crippen molar-refractivity contribution >= 4 is 23.2 Å². The minimum absolute atomic E-state index is 0.0958. The maximum atomic E-state index is 9.38. The summed E-state index contributed by atoms with van der Waals surface area (Å²) in [6.07, 6.45) is 0. The molecule has 0 bridgehead atoms. The Morgan fingerprint density at radius 2 is 1.53 bits per heavy atom. The molecule has 2 aromatic carbocycles. The Balaban J connectivity index is 2.31. The molecule has 0 atom stereocenters. The smallest absolute Gasteiger partial charge is 0.153 e. The van der Waals surface area contributed by atoms with E-state index in [1.54, 1.807) is 12.1 Å². The second-order valence-corrected chi connectivity index (χ2v) is 4.15. The SMILES string of the molecule is Oc1cccc(Oc2cc(Cl)c(O)c(Cl)c2)c1. The van der Waals surface area contributed by atoms with Crippen molar-refractivity contribution < 1.29 is 14.9 Å². The third-order valence-electron chi connectivity index (χ3n) is 2.04. The van der Waals surface area contributed by atoms with Crippen LogP contribution in [0.4, 0.5) is 0 Å². The number of aromatic hydroxyl groups is 2. The van der Waals surface area contributed by atoms with Crippen LogP contribution in [0.15, 0.2) is 36.4 Å². The number of hydrogen-bond donors (Lipinski definition) is 2. The molecule has 3 nitrogen and oxygen atoms in total.